The fraction of sp³-hybridized carbons (Fsp3) is 0.500. The lowest BCUT2D eigenvalue weighted by atomic mass is 9.73. The van der Waals surface area contributed by atoms with Crippen LogP contribution in [0.5, 0.6) is 0 Å². The molecule has 0 heterocycles. The monoisotopic (exact) mass is 233 g/mol. The molecule has 3 heteroatoms. The third kappa shape index (κ3) is 2.20. The van der Waals surface area contributed by atoms with Crippen LogP contribution in [0.3, 0.4) is 0 Å². The van der Waals surface area contributed by atoms with E-state index in [0.717, 1.165) is 32.1 Å². The maximum absolute atomic E-state index is 11.4. The minimum absolute atomic E-state index is 0.233. The molecule has 1 aromatic carbocycles. The van der Waals surface area contributed by atoms with E-state index in [1.165, 1.54) is 0 Å². The third-order valence-corrected chi connectivity index (χ3v) is 3.72. The van der Waals surface area contributed by atoms with Crippen LogP contribution in [0.1, 0.15) is 37.7 Å². The van der Waals surface area contributed by atoms with Gasteiger partial charge in [-0.25, -0.2) is 0 Å². The van der Waals surface area contributed by atoms with Gasteiger partial charge in [0.05, 0.1) is 5.97 Å². The van der Waals surface area contributed by atoms with Gasteiger partial charge in [0.15, 0.2) is 0 Å². The molecule has 1 aliphatic carbocycles. The molecular formula is C14H17O3-. The zero-order valence-corrected chi connectivity index (χ0v) is 9.76. The Hall–Kier alpha value is -1.35. The predicted molar refractivity (Wildman–Crippen MR) is 61.9 cm³/mol. The van der Waals surface area contributed by atoms with Crippen LogP contribution in [0.15, 0.2) is 30.3 Å². The molecule has 0 radical (unpaired) electrons. The Morgan fingerprint density at radius 1 is 1.18 bits per heavy atom. The van der Waals surface area contributed by atoms with Crippen molar-refractivity contribution in [1.82, 2.24) is 0 Å². The van der Waals surface area contributed by atoms with E-state index in [1.54, 1.807) is 30.3 Å². The molecule has 1 unspecified atom stereocenters. The molecule has 17 heavy (non-hydrogen) atoms. The number of carboxylic acids is 1. The third-order valence-electron chi connectivity index (χ3n) is 3.72. The number of hydrogen-bond donors (Lipinski definition) is 1. The fourth-order valence-electron chi connectivity index (χ4n) is 2.73. The molecule has 0 aromatic heterocycles. The van der Waals surface area contributed by atoms with Crippen molar-refractivity contribution in [3.8, 4) is 0 Å². The summed E-state index contributed by atoms with van der Waals surface area (Å²) in [5.74, 6) is -1.61. The van der Waals surface area contributed by atoms with Crippen LogP contribution >= 0.6 is 0 Å². The lowest BCUT2D eigenvalue weighted by Crippen LogP contribution is -2.51. The van der Waals surface area contributed by atoms with Crippen molar-refractivity contribution >= 4 is 5.97 Å². The highest BCUT2D eigenvalue weighted by Gasteiger charge is 2.40. The summed E-state index contributed by atoms with van der Waals surface area (Å²) in [5, 5.41) is 21.9. The average molecular weight is 233 g/mol. The van der Waals surface area contributed by atoms with Crippen LogP contribution in [0.4, 0.5) is 0 Å². The largest absolute Gasteiger partial charge is 0.547 e. The molecule has 1 N–H and O–H groups in total. The van der Waals surface area contributed by atoms with E-state index in [0.29, 0.717) is 5.56 Å². The second-order valence-electron chi connectivity index (χ2n) is 4.75. The summed E-state index contributed by atoms with van der Waals surface area (Å²) in [6.07, 6.45) is 4.58. The molecule has 0 aliphatic heterocycles. The van der Waals surface area contributed by atoms with E-state index in [4.69, 9.17) is 0 Å². The number of carbonyl (C=O) groups is 1. The van der Waals surface area contributed by atoms with E-state index in [-0.39, 0.29) is 5.92 Å². The molecule has 1 aliphatic rings. The maximum Gasteiger partial charge on any atom is 0.132 e. The normalized spacial score (nSPS) is 20.8. The van der Waals surface area contributed by atoms with Gasteiger partial charge in [0.1, 0.15) is 5.60 Å². The lowest BCUT2D eigenvalue weighted by Gasteiger charge is -2.39. The molecule has 0 spiro atoms. The number of rotatable bonds is 3. The summed E-state index contributed by atoms with van der Waals surface area (Å²) in [6, 6.07) is 8.60. The van der Waals surface area contributed by atoms with Crippen molar-refractivity contribution in [2.24, 2.45) is 5.92 Å². The second kappa shape index (κ2) is 4.88. The highest BCUT2D eigenvalue weighted by molar-refractivity contribution is 5.77. The maximum atomic E-state index is 11.4. The molecule has 2 rings (SSSR count). The van der Waals surface area contributed by atoms with Crippen LogP contribution in [-0.4, -0.2) is 11.1 Å². The van der Waals surface area contributed by atoms with Gasteiger partial charge in [0.2, 0.25) is 0 Å². The quantitative estimate of drug-likeness (QED) is 0.853. The molecule has 0 amide bonds. The van der Waals surface area contributed by atoms with Crippen LogP contribution in [-0.2, 0) is 10.4 Å². The Morgan fingerprint density at radius 3 is 2.29 bits per heavy atom. The van der Waals surface area contributed by atoms with E-state index in [1.807, 2.05) is 0 Å². The number of hydrogen-bond acceptors (Lipinski definition) is 3. The Kier molecular flexibility index (Phi) is 3.48. The van der Waals surface area contributed by atoms with Crippen molar-refractivity contribution in [3.63, 3.8) is 0 Å². The summed E-state index contributed by atoms with van der Waals surface area (Å²) in [7, 11) is 0. The Labute approximate surface area is 101 Å². The highest BCUT2D eigenvalue weighted by Crippen LogP contribution is 2.38. The van der Waals surface area contributed by atoms with Gasteiger partial charge in [-0.1, -0.05) is 49.6 Å². The summed E-state index contributed by atoms with van der Waals surface area (Å²) in [4.78, 5) is 11.4. The van der Waals surface area contributed by atoms with Crippen LogP contribution < -0.4 is 5.11 Å². The zero-order chi connectivity index (χ0) is 12.3. The molecule has 1 saturated carbocycles. The second-order valence-corrected chi connectivity index (χ2v) is 4.75. The fourth-order valence-corrected chi connectivity index (χ4v) is 2.73. The van der Waals surface area contributed by atoms with Gasteiger partial charge in [0, 0.05) is 0 Å². The molecular weight excluding hydrogens is 216 g/mol. The average Bonchev–Trinajstić information content (AvgIpc) is 2.39. The predicted octanol–water partition coefficient (Wildman–Crippen LogP) is 1.20. The topological polar surface area (TPSA) is 60.4 Å². The van der Waals surface area contributed by atoms with Gasteiger partial charge >= 0.3 is 0 Å². The number of carboxylic acid groups (broad SMARTS) is 1. The summed E-state index contributed by atoms with van der Waals surface area (Å²) < 4.78 is 0. The minimum atomic E-state index is -1.83. The van der Waals surface area contributed by atoms with Gasteiger partial charge < -0.3 is 15.0 Å². The number of carbonyl (C=O) groups excluding carboxylic acids is 1. The molecule has 1 aromatic rings. The molecule has 3 nitrogen and oxygen atoms in total. The Bertz CT molecular complexity index is 382. The van der Waals surface area contributed by atoms with Crippen LogP contribution in [0.2, 0.25) is 0 Å². The van der Waals surface area contributed by atoms with Crippen molar-refractivity contribution in [2.75, 3.05) is 0 Å². The Morgan fingerprint density at radius 2 is 1.76 bits per heavy atom. The molecule has 1 atom stereocenters. The SMILES string of the molecule is O=C([O-])C(O)(c1ccccc1)C1CCCCC1. The van der Waals surface area contributed by atoms with Crippen molar-refractivity contribution in [1.29, 1.82) is 0 Å². The molecule has 92 valence electrons. The standard InChI is InChI=1S/C14H18O3/c15-13(16)14(17,11-7-3-1-4-8-11)12-9-5-2-6-10-12/h1,3-4,7-8,12,17H,2,5-6,9-10H2,(H,15,16)/p-1. The molecule has 1 fully saturated rings. The first kappa shape index (κ1) is 12.1. The van der Waals surface area contributed by atoms with Crippen LogP contribution in [0, 0.1) is 5.92 Å². The summed E-state index contributed by atoms with van der Waals surface area (Å²) in [6.45, 7) is 0. The number of aliphatic carboxylic acids is 1. The van der Waals surface area contributed by atoms with E-state index < -0.39 is 11.6 Å². The van der Waals surface area contributed by atoms with Crippen molar-refractivity contribution in [3.05, 3.63) is 35.9 Å². The minimum Gasteiger partial charge on any atom is -0.547 e. The van der Waals surface area contributed by atoms with Gasteiger partial charge in [-0.3, -0.25) is 0 Å². The lowest BCUT2D eigenvalue weighted by molar-refractivity contribution is -0.331. The first-order valence-corrected chi connectivity index (χ1v) is 6.15. The van der Waals surface area contributed by atoms with E-state index in [9.17, 15) is 15.0 Å². The summed E-state index contributed by atoms with van der Waals surface area (Å²) in [5.41, 5.74) is -1.39. The zero-order valence-electron chi connectivity index (χ0n) is 9.76. The van der Waals surface area contributed by atoms with Crippen molar-refractivity contribution in [2.45, 2.75) is 37.7 Å². The highest BCUT2D eigenvalue weighted by atomic mass is 16.4. The first-order chi connectivity index (χ1) is 8.15. The number of aliphatic hydroxyl groups is 1. The Balaban J connectivity index is 2.35. The van der Waals surface area contributed by atoms with Gasteiger partial charge in [-0.05, 0) is 24.3 Å². The molecule has 0 saturated heterocycles. The smallest absolute Gasteiger partial charge is 0.132 e. The summed E-state index contributed by atoms with van der Waals surface area (Å²) >= 11 is 0. The van der Waals surface area contributed by atoms with Crippen LogP contribution in [0.25, 0.3) is 0 Å². The van der Waals surface area contributed by atoms with E-state index in [2.05, 4.69) is 0 Å². The van der Waals surface area contributed by atoms with Gasteiger partial charge in [-0.2, -0.15) is 0 Å². The molecule has 0 bridgehead atoms. The number of benzene rings is 1. The van der Waals surface area contributed by atoms with Gasteiger partial charge in [-0.15, -0.1) is 0 Å². The van der Waals surface area contributed by atoms with E-state index >= 15 is 0 Å². The first-order valence-electron chi connectivity index (χ1n) is 6.15. The van der Waals surface area contributed by atoms with Crippen molar-refractivity contribution < 1.29 is 15.0 Å². The van der Waals surface area contributed by atoms with Gasteiger partial charge in [0.25, 0.3) is 0 Å².